The van der Waals surface area contributed by atoms with Crippen LogP contribution in [0, 0.1) is 5.82 Å². The summed E-state index contributed by atoms with van der Waals surface area (Å²) in [6.45, 7) is 7.05. The SMILES string of the molecule is C=CC(=O)Nc1cc(Nc2cc(N3OCCC3c3cccc(C(F)(F)F)c3F)ncn2)c(OC)cc1N1CCC(N2CCN(C)C(=O)C2)CC1. The Balaban J connectivity index is 1.23. The fourth-order valence-corrected chi connectivity index (χ4v) is 6.62. The van der Waals surface area contributed by atoms with Crippen molar-refractivity contribution in [3.63, 3.8) is 0 Å². The van der Waals surface area contributed by atoms with Gasteiger partial charge < -0.3 is 25.2 Å². The van der Waals surface area contributed by atoms with E-state index in [1.165, 1.54) is 42.8 Å². The van der Waals surface area contributed by atoms with Crippen LogP contribution in [0.1, 0.15) is 36.4 Å². The van der Waals surface area contributed by atoms with Gasteiger partial charge in [-0.05, 0) is 31.1 Å². The maximum atomic E-state index is 15.1. The number of carbonyl (C=O) groups excluding carboxylic acids is 2. The van der Waals surface area contributed by atoms with Crippen molar-refractivity contribution in [2.75, 3.05) is 74.1 Å². The third-order valence-electron chi connectivity index (χ3n) is 9.31. The molecule has 2 aromatic carbocycles. The van der Waals surface area contributed by atoms with Gasteiger partial charge in [0.25, 0.3) is 0 Å². The van der Waals surface area contributed by atoms with E-state index < -0.39 is 29.5 Å². The molecule has 3 fully saturated rings. The van der Waals surface area contributed by atoms with Crippen molar-refractivity contribution in [2.24, 2.45) is 0 Å². The maximum absolute atomic E-state index is 15.1. The number of halogens is 4. The first-order valence-corrected chi connectivity index (χ1v) is 16.2. The second kappa shape index (κ2) is 14.5. The number of rotatable bonds is 9. The molecule has 12 nitrogen and oxygen atoms in total. The predicted octanol–water partition coefficient (Wildman–Crippen LogP) is 5.14. The van der Waals surface area contributed by atoms with Crippen LogP contribution in [-0.4, -0.2) is 91.1 Å². The summed E-state index contributed by atoms with van der Waals surface area (Å²) in [6.07, 6.45) is -0.523. The van der Waals surface area contributed by atoms with Crippen LogP contribution >= 0.6 is 0 Å². The van der Waals surface area contributed by atoms with Crippen LogP contribution in [0.3, 0.4) is 0 Å². The molecule has 50 heavy (non-hydrogen) atoms. The molecule has 1 atom stereocenters. The van der Waals surface area contributed by atoms with Gasteiger partial charge in [-0.25, -0.2) is 19.4 Å². The number of nitrogens with one attached hydrogen (secondary N) is 2. The lowest BCUT2D eigenvalue weighted by Crippen LogP contribution is -2.54. The zero-order chi connectivity index (χ0) is 35.6. The molecule has 3 aliphatic heterocycles. The van der Waals surface area contributed by atoms with E-state index in [9.17, 15) is 22.8 Å². The number of hydrogen-bond acceptors (Lipinski definition) is 10. The Hall–Kier alpha value is -4.96. The predicted molar refractivity (Wildman–Crippen MR) is 179 cm³/mol. The average molecular weight is 699 g/mol. The van der Waals surface area contributed by atoms with Gasteiger partial charge in [0.2, 0.25) is 11.8 Å². The average Bonchev–Trinajstić information content (AvgIpc) is 3.59. The van der Waals surface area contributed by atoms with Crippen molar-refractivity contribution in [3.05, 3.63) is 72.3 Å². The molecule has 1 unspecified atom stereocenters. The number of anilines is 5. The molecule has 3 saturated heterocycles. The van der Waals surface area contributed by atoms with Crippen LogP contribution in [-0.2, 0) is 20.6 Å². The summed E-state index contributed by atoms with van der Waals surface area (Å²) >= 11 is 0. The first-order chi connectivity index (χ1) is 24.0. The Morgan fingerprint density at radius 2 is 1.86 bits per heavy atom. The zero-order valence-electron chi connectivity index (χ0n) is 27.7. The van der Waals surface area contributed by atoms with Gasteiger partial charge in [-0.1, -0.05) is 18.7 Å². The van der Waals surface area contributed by atoms with Gasteiger partial charge in [-0.3, -0.25) is 19.3 Å². The molecule has 4 heterocycles. The maximum Gasteiger partial charge on any atom is 0.419 e. The molecule has 3 aromatic rings. The van der Waals surface area contributed by atoms with Crippen molar-refractivity contribution >= 4 is 40.5 Å². The van der Waals surface area contributed by atoms with Crippen molar-refractivity contribution in [3.8, 4) is 5.75 Å². The standard InChI is InChI=1S/C34H38F4N8O4/c1-4-31(47)42-24-16-25(28(49-3)17-27(24)44-11-8-21(9-12-44)45-14-13-43(2)32(48)19-45)41-29-18-30(40-20-39-29)46-26(10-15-50-46)22-6-5-7-23(33(22)35)34(36,37)38/h4-7,16-18,20-21,26H,1,8-15,19H2,2-3H3,(H,42,47)(H,39,40,41). The number of benzene rings is 2. The van der Waals surface area contributed by atoms with E-state index >= 15 is 4.39 Å². The molecule has 6 rings (SSSR count). The minimum Gasteiger partial charge on any atom is -0.494 e. The van der Waals surface area contributed by atoms with Crippen LogP contribution in [0.2, 0.25) is 0 Å². The third kappa shape index (κ3) is 7.31. The highest BCUT2D eigenvalue weighted by Gasteiger charge is 2.38. The van der Waals surface area contributed by atoms with E-state index in [4.69, 9.17) is 9.57 Å². The number of hydrogen-bond donors (Lipinski definition) is 2. The van der Waals surface area contributed by atoms with Crippen LogP contribution in [0.15, 0.2) is 55.4 Å². The summed E-state index contributed by atoms with van der Waals surface area (Å²) in [6, 6.07) is 7.64. The molecule has 0 saturated carbocycles. The van der Waals surface area contributed by atoms with Gasteiger partial charge in [0.15, 0.2) is 5.82 Å². The van der Waals surface area contributed by atoms with Gasteiger partial charge in [0.05, 0.1) is 48.9 Å². The Bertz CT molecular complexity index is 1750. The second-order valence-corrected chi connectivity index (χ2v) is 12.3. The van der Waals surface area contributed by atoms with Crippen LogP contribution in [0.5, 0.6) is 5.75 Å². The van der Waals surface area contributed by atoms with Crippen LogP contribution < -0.4 is 25.3 Å². The molecule has 0 radical (unpaired) electrons. The topological polar surface area (TPSA) is 115 Å². The number of nitrogens with zero attached hydrogens (tertiary/aromatic N) is 6. The van der Waals surface area contributed by atoms with Crippen molar-refractivity contribution in [1.29, 1.82) is 0 Å². The normalized spacial score (nSPS) is 19.1. The fourth-order valence-electron chi connectivity index (χ4n) is 6.62. The van der Waals surface area contributed by atoms with Gasteiger partial charge in [0, 0.05) is 63.4 Å². The first kappa shape index (κ1) is 34.9. The number of hydroxylamine groups is 1. The fraction of sp³-hybridized carbons (Fsp3) is 0.412. The van der Waals surface area contributed by atoms with E-state index in [0.717, 1.165) is 25.1 Å². The second-order valence-electron chi connectivity index (χ2n) is 12.3. The van der Waals surface area contributed by atoms with E-state index in [2.05, 4.69) is 37.0 Å². The Labute approximate surface area is 286 Å². The number of piperidine rings is 1. The molecule has 266 valence electrons. The van der Waals surface area contributed by atoms with Gasteiger partial charge in [0.1, 0.15) is 23.7 Å². The van der Waals surface area contributed by atoms with E-state index in [-0.39, 0.29) is 42.2 Å². The smallest absolute Gasteiger partial charge is 0.419 e. The quantitative estimate of drug-likeness (QED) is 0.230. The highest BCUT2D eigenvalue weighted by Crippen LogP contribution is 2.42. The molecule has 2 N–H and O–H groups in total. The third-order valence-corrected chi connectivity index (χ3v) is 9.31. The van der Waals surface area contributed by atoms with Crippen molar-refractivity contribution in [2.45, 2.75) is 37.5 Å². The Kier molecular flexibility index (Phi) is 10.1. The molecule has 0 aliphatic carbocycles. The number of ether oxygens (including phenoxy) is 1. The molecule has 16 heteroatoms. The van der Waals surface area contributed by atoms with Crippen molar-refractivity contribution < 1.29 is 36.7 Å². The minimum atomic E-state index is -4.85. The summed E-state index contributed by atoms with van der Waals surface area (Å²) in [5.41, 5.74) is 0.192. The summed E-state index contributed by atoms with van der Waals surface area (Å²) in [7, 11) is 3.33. The molecular formula is C34H38F4N8O4. The van der Waals surface area contributed by atoms with E-state index in [0.29, 0.717) is 49.4 Å². The summed E-state index contributed by atoms with van der Waals surface area (Å²) in [5.74, 6) is -0.716. The zero-order valence-corrected chi connectivity index (χ0v) is 27.7. The van der Waals surface area contributed by atoms with Gasteiger partial charge in [-0.15, -0.1) is 0 Å². The molecule has 0 bridgehead atoms. The molecule has 3 aliphatic rings. The molecule has 1 aromatic heterocycles. The lowest BCUT2D eigenvalue weighted by molar-refractivity contribution is -0.140. The van der Waals surface area contributed by atoms with Crippen molar-refractivity contribution in [1.82, 2.24) is 19.8 Å². The summed E-state index contributed by atoms with van der Waals surface area (Å²) < 4.78 is 61.2. The van der Waals surface area contributed by atoms with E-state index in [1.807, 2.05) is 13.1 Å². The number of alkyl halides is 3. The highest BCUT2D eigenvalue weighted by molar-refractivity contribution is 6.02. The Morgan fingerprint density at radius 3 is 2.56 bits per heavy atom. The number of methoxy groups -OCH3 is 1. The van der Waals surface area contributed by atoms with Gasteiger partial charge >= 0.3 is 6.18 Å². The number of piperazine rings is 1. The lowest BCUT2D eigenvalue weighted by Gasteiger charge is -2.42. The van der Waals surface area contributed by atoms with Crippen LogP contribution in [0.4, 0.5) is 46.3 Å². The van der Waals surface area contributed by atoms with E-state index in [1.54, 1.807) is 11.0 Å². The minimum absolute atomic E-state index is 0.120. The Morgan fingerprint density at radius 1 is 1.08 bits per heavy atom. The van der Waals surface area contributed by atoms with Crippen LogP contribution in [0.25, 0.3) is 0 Å². The summed E-state index contributed by atoms with van der Waals surface area (Å²) in [4.78, 5) is 45.2. The first-order valence-electron chi connectivity index (χ1n) is 16.2. The van der Waals surface area contributed by atoms with Gasteiger partial charge in [-0.2, -0.15) is 13.2 Å². The molecule has 2 amide bonds. The lowest BCUT2D eigenvalue weighted by atomic mass is 10.0. The number of carbonyl (C=O) groups is 2. The molecule has 0 spiro atoms. The summed E-state index contributed by atoms with van der Waals surface area (Å²) in [5, 5.41) is 7.35. The highest BCUT2D eigenvalue weighted by atomic mass is 19.4. The molecular weight excluding hydrogens is 660 g/mol. The monoisotopic (exact) mass is 698 g/mol. The number of aromatic nitrogens is 2. The number of likely N-dealkylation sites (N-methyl/N-ethyl adjacent to an activating group) is 1. The largest absolute Gasteiger partial charge is 0.494 e. The number of amides is 2.